The zero-order valence-electron chi connectivity index (χ0n) is 18.3. The number of pyridine rings is 1. The van der Waals surface area contributed by atoms with Gasteiger partial charge in [-0.3, -0.25) is 4.79 Å². The minimum Gasteiger partial charge on any atom is -0.494 e. The molecule has 31 heavy (non-hydrogen) atoms. The topological polar surface area (TPSA) is 72.3 Å². The van der Waals surface area contributed by atoms with Crippen molar-refractivity contribution in [3.05, 3.63) is 71.4 Å². The third-order valence-electron chi connectivity index (χ3n) is 5.15. The predicted molar refractivity (Wildman–Crippen MR) is 124 cm³/mol. The summed E-state index contributed by atoms with van der Waals surface area (Å²) >= 11 is 0. The number of rotatable bonds is 5. The van der Waals surface area contributed by atoms with Crippen LogP contribution in [-0.4, -0.2) is 41.9 Å². The van der Waals surface area contributed by atoms with Crippen LogP contribution in [0.15, 0.2) is 54.6 Å². The second kappa shape index (κ2) is 8.10. The molecule has 0 bridgehead atoms. The number of carbonyl (C=O) groups excluding carboxylic acids is 1. The van der Waals surface area contributed by atoms with Gasteiger partial charge in [-0.25, -0.2) is 4.98 Å². The summed E-state index contributed by atoms with van der Waals surface area (Å²) in [5, 5.41) is 8.54. The van der Waals surface area contributed by atoms with Crippen LogP contribution in [0.2, 0.25) is 0 Å². The van der Waals surface area contributed by atoms with Crippen LogP contribution >= 0.6 is 0 Å². The molecule has 0 aliphatic carbocycles. The van der Waals surface area contributed by atoms with Crippen molar-refractivity contribution in [2.45, 2.75) is 13.8 Å². The van der Waals surface area contributed by atoms with Gasteiger partial charge in [-0.15, -0.1) is 0 Å². The fourth-order valence-corrected chi connectivity index (χ4v) is 3.51. The molecule has 0 unspecified atom stereocenters. The van der Waals surface area contributed by atoms with Crippen LogP contribution in [0, 0.1) is 13.8 Å². The van der Waals surface area contributed by atoms with Gasteiger partial charge < -0.3 is 15.0 Å². The highest BCUT2D eigenvalue weighted by Crippen LogP contribution is 2.28. The zero-order chi connectivity index (χ0) is 22.1. The highest BCUT2D eigenvalue weighted by Gasteiger charge is 2.16. The minimum absolute atomic E-state index is 0.207. The smallest absolute Gasteiger partial charge is 0.256 e. The number of amides is 1. The lowest BCUT2D eigenvalue weighted by Gasteiger charge is -2.13. The second-order valence-electron chi connectivity index (χ2n) is 7.63. The highest BCUT2D eigenvalue weighted by atomic mass is 16.5. The molecule has 7 heteroatoms. The Morgan fingerprint density at radius 2 is 1.81 bits per heavy atom. The van der Waals surface area contributed by atoms with Gasteiger partial charge in [-0.1, -0.05) is 12.1 Å². The Labute approximate surface area is 181 Å². The van der Waals surface area contributed by atoms with E-state index in [0.717, 1.165) is 27.8 Å². The number of nitrogens with zero attached hydrogens (tertiary/aromatic N) is 4. The van der Waals surface area contributed by atoms with E-state index in [1.807, 2.05) is 87.4 Å². The zero-order valence-corrected chi connectivity index (χ0v) is 18.3. The fourth-order valence-electron chi connectivity index (χ4n) is 3.51. The summed E-state index contributed by atoms with van der Waals surface area (Å²) in [5.41, 5.74) is 4.17. The highest BCUT2D eigenvalue weighted by molar-refractivity contribution is 6.04. The number of aryl methyl sites for hydroxylation is 2. The van der Waals surface area contributed by atoms with Crippen LogP contribution < -0.4 is 15.0 Å². The molecule has 0 radical (unpaired) electrons. The maximum Gasteiger partial charge on any atom is 0.256 e. The molecule has 2 heterocycles. The van der Waals surface area contributed by atoms with Gasteiger partial charge >= 0.3 is 0 Å². The molecule has 0 fully saturated rings. The van der Waals surface area contributed by atoms with Crippen LogP contribution in [0.4, 0.5) is 11.5 Å². The van der Waals surface area contributed by atoms with E-state index in [2.05, 4.69) is 10.4 Å². The quantitative estimate of drug-likeness (QED) is 0.524. The number of para-hydroxylation sites is 1. The Kier molecular flexibility index (Phi) is 5.33. The van der Waals surface area contributed by atoms with Crippen molar-refractivity contribution in [2.24, 2.45) is 0 Å². The summed E-state index contributed by atoms with van der Waals surface area (Å²) in [7, 11) is 5.55. The summed E-state index contributed by atoms with van der Waals surface area (Å²) in [6.45, 7) is 3.90. The van der Waals surface area contributed by atoms with Gasteiger partial charge in [0.2, 0.25) is 0 Å². The van der Waals surface area contributed by atoms with Gasteiger partial charge in [0, 0.05) is 36.8 Å². The van der Waals surface area contributed by atoms with Gasteiger partial charge in [0.25, 0.3) is 5.91 Å². The molecule has 0 saturated carbocycles. The average Bonchev–Trinajstić information content (AvgIpc) is 3.13. The van der Waals surface area contributed by atoms with Gasteiger partial charge in [-0.2, -0.15) is 9.78 Å². The Balaban J connectivity index is 1.71. The lowest BCUT2D eigenvalue weighted by Crippen LogP contribution is -2.16. The second-order valence-corrected chi connectivity index (χ2v) is 7.63. The first-order chi connectivity index (χ1) is 14.9. The largest absolute Gasteiger partial charge is 0.494 e. The molecular weight excluding hydrogens is 390 g/mol. The molecule has 158 valence electrons. The molecule has 0 aliphatic heterocycles. The van der Waals surface area contributed by atoms with Crippen molar-refractivity contribution in [3.63, 3.8) is 0 Å². The molecule has 0 spiro atoms. The van der Waals surface area contributed by atoms with Crippen molar-refractivity contribution >= 4 is 28.3 Å². The van der Waals surface area contributed by atoms with E-state index in [9.17, 15) is 4.79 Å². The third kappa shape index (κ3) is 3.94. The van der Waals surface area contributed by atoms with Gasteiger partial charge in [0.1, 0.15) is 17.1 Å². The molecule has 2 aromatic heterocycles. The number of nitrogens with one attached hydrogen (secondary N) is 1. The minimum atomic E-state index is -0.207. The summed E-state index contributed by atoms with van der Waals surface area (Å²) in [6, 6.07) is 17.1. The SMILES string of the molecule is COc1cccc2c(C)cc(-n3nc(C)cc3NC(=O)c3ccc(N(C)C)cc3)nc12. The van der Waals surface area contributed by atoms with Gasteiger partial charge in [-0.05, 0) is 55.8 Å². The molecule has 1 N–H and O–H groups in total. The van der Waals surface area contributed by atoms with Crippen LogP contribution in [0.25, 0.3) is 16.7 Å². The summed E-state index contributed by atoms with van der Waals surface area (Å²) in [4.78, 5) is 19.6. The molecule has 4 aromatic rings. The molecule has 0 atom stereocenters. The number of benzene rings is 2. The lowest BCUT2D eigenvalue weighted by atomic mass is 10.1. The van der Waals surface area contributed by atoms with Crippen LogP contribution in [0.3, 0.4) is 0 Å². The van der Waals surface area contributed by atoms with Crippen LogP contribution in [0.5, 0.6) is 5.75 Å². The third-order valence-corrected chi connectivity index (χ3v) is 5.15. The molecule has 7 nitrogen and oxygen atoms in total. The summed E-state index contributed by atoms with van der Waals surface area (Å²) < 4.78 is 7.15. The summed E-state index contributed by atoms with van der Waals surface area (Å²) in [5.74, 6) is 1.65. The number of aromatic nitrogens is 3. The molecule has 1 amide bonds. The number of ether oxygens (including phenoxy) is 1. The van der Waals surface area contributed by atoms with Gasteiger partial charge in [0.05, 0.1) is 12.8 Å². The first kappa shape index (κ1) is 20.4. The maximum atomic E-state index is 12.9. The number of methoxy groups -OCH3 is 1. The number of fused-ring (bicyclic) bond motifs is 1. The lowest BCUT2D eigenvalue weighted by molar-refractivity contribution is 0.102. The van der Waals surface area contributed by atoms with E-state index >= 15 is 0 Å². The van der Waals surface area contributed by atoms with Crippen molar-refractivity contribution in [1.29, 1.82) is 0 Å². The Bertz CT molecular complexity index is 1260. The van der Waals surface area contributed by atoms with Crippen molar-refractivity contribution in [2.75, 3.05) is 31.4 Å². The van der Waals surface area contributed by atoms with Gasteiger partial charge in [0.15, 0.2) is 5.82 Å². The van der Waals surface area contributed by atoms with E-state index in [1.165, 1.54) is 0 Å². The van der Waals surface area contributed by atoms with E-state index in [0.29, 0.717) is 22.9 Å². The first-order valence-electron chi connectivity index (χ1n) is 9.97. The van der Waals surface area contributed by atoms with Crippen molar-refractivity contribution in [1.82, 2.24) is 14.8 Å². The van der Waals surface area contributed by atoms with E-state index in [-0.39, 0.29) is 5.91 Å². The number of hydrogen-bond donors (Lipinski definition) is 1. The molecular formula is C24H25N5O2. The maximum absolute atomic E-state index is 12.9. The van der Waals surface area contributed by atoms with E-state index < -0.39 is 0 Å². The molecule has 0 saturated heterocycles. The van der Waals surface area contributed by atoms with Crippen molar-refractivity contribution in [3.8, 4) is 11.6 Å². The number of carbonyl (C=O) groups is 1. The van der Waals surface area contributed by atoms with Crippen molar-refractivity contribution < 1.29 is 9.53 Å². The fraction of sp³-hybridized carbons (Fsp3) is 0.208. The monoisotopic (exact) mass is 415 g/mol. The van der Waals surface area contributed by atoms with E-state index in [4.69, 9.17) is 9.72 Å². The Hall–Kier alpha value is -3.87. The first-order valence-corrected chi connectivity index (χ1v) is 9.97. The van der Waals surface area contributed by atoms with Crippen LogP contribution in [0.1, 0.15) is 21.6 Å². The Morgan fingerprint density at radius 3 is 2.48 bits per heavy atom. The van der Waals surface area contributed by atoms with Crippen LogP contribution in [-0.2, 0) is 0 Å². The standard InChI is InChI=1S/C24H25N5O2/c1-15-13-21(25-23-19(15)7-6-8-20(23)31-5)29-22(14-16(2)27-29)26-24(30)17-9-11-18(12-10-17)28(3)4/h6-14H,1-5H3,(H,26,30). The molecule has 4 rings (SSSR count). The predicted octanol–water partition coefficient (Wildman–Crippen LogP) is 4.36. The average molecular weight is 415 g/mol. The number of anilines is 2. The molecule has 0 aliphatic rings. The normalized spacial score (nSPS) is 10.9. The Morgan fingerprint density at radius 1 is 1.06 bits per heavy atom. The summed E-state index contributed by atoms with van der Waals surface area (Å²) in [6.07, 6.45) is 0. The molecule has 2 aromatic carbocycles. The number of hydrogen-bond acceptors (Lipinski definition) is 5. The van der Waals surface area contributed by atoms with E-state index in [1.54, 1.807) is 11.8 Å².